The van der Waals surface area contributed by atoms with Gasteiger partial charge in [0.15, 0.2) is 39.3 Å². The van der Waals surface area contributed by atoms with Gasteiger partial charge in [-0.1, -0.05) is 87.0 Å². The third-order valence-corrected chi connectivity index (χ3v) is 22.7. The monoisotopic (exact) mass is 2370 g/mol. The second kappa shape index (κ2) is 67.9. The number of azo groups is 4. The SMILES string of the molecule is O=S(=O)([O-])O.O=S(=O)([O-])O.O=S(=O)([O-])O.O=S(=O)([O-])O.O=S(=O)=O.O=S(=O)=O.[CH2-]CS(=O)(=O)c1ccc(N=Nc2c(Nc3cccc(C)c3)ccc3c(O)c(N=Nc4cc(OC)c(S(=O)(=O)C[CH2-])cc4O)[c-]cc23)c(S(=O)(=O)[O-])c1.[CH2-]CS(=O)(=O)c1ccc(N=Nc2c(Nc3ccccc3)ccc3c(O)c(N=Nc4cc(OC)c(S(=O)(=O)C[CH2-])cc4O)[c-]cc23)c(S(=O)(=O)[O-])c1.[Cu].[Cu].[Na+].[Na+].[Na+].[Na+].[Na+].[Na+].[Na+].[Na+]. The summed E-state index contributed by atoms with van der Waals surface area (Å²) in [5.74, 6) is -4.32. The third kappa shape index (κ3) is 55.0. The van der Waals surface area contributed by atoms with Crippen LogP contribution in [-0.2, 0) is 157 Å². The summed E-state index contributed by atoms with van der Waals surface area (Å²) in [6, 6.07) is 40.4. The Morgan fingerprint density at radius 3 is 0.908 bits per heavy atom. The fourth-order valence-electron chi connectivity index (χ4n) is 9.57. The second-order valence-electron chi connectivity index (χ2n) is 23.6. The molecule has 0 saturated carbocycles. The minimum atomic E-state index is -5.23. The summed E-state index contributed by atoms with van der Waals surface area (Å²) < 4.78 is 364. The first-order chi connectivity index (χ1) is 60.0. The number of hydrogen-bond donors (Lipinski definition) is 10. The fraction of sp³-hybridized carbons (Fsp3) is 0.104. The summed E-state index contributed by atoms with van der Waals surface area (Å²) in [5, 5.41) is 82.9. The van der Waals surface area contributed by atoms with Crippen molar-refractivity contribution >= 4 is 212 Å². The van der Waals surface area contributed by atoms with Gasteiger partial charge in [-0.25, -0.2) is 84.2 Å². The van der Waals surface area contributed by atoms with E-state index in [0.717, 1.165) is 54.1 Å². The molecule has 10 aromatic rings. The van der Waals surface area contributed by atoms with E-state index >= 15 is 0 Å². The van der Waals surface area contributed by atoms with Crippen molar-refractivity contribution < 1.29 is 455 Å². The van der Waals surface area contributed by atoms with Crippen LogP contribution < -0.4 is 257 Å². The first-order valence-electron chi connectivity index (χ1n) is 33.1. The Hall–Kier alpha value is -3.10. The number of sulfone groups is 4. The molecule has 141 heavy (non-hydrogen) atoms. The van der Waals surface area contributed by atoms with Crippen LogP contribution in [0.3, 0.4) is 0 Å². The van der Waals surface area contributed by atoms with Crippen molar-refractivity contribution in [3.8, 4) is 34.5 Å². The molecule has 0 aliphatic heterocycles. The number of nitrogens with one attached hydrogen (secondary N) is 2. The van der Waals surface area contributed by atoms with Crippen LogP contribution in [0.15, 0.2) is 222 Å². The Kier molecular flexibility index (Phi) is 73.8. The van der Waals surface area contributed by atoms with E-state index < -0.39 is 199 Å². The summed E-state index contributed by atoms with van der Waals surface area (Å²) in [5.41, 5.74) is 1.34. The molecule has 0 aromatic heterocycles. The number of aryl methyl sites for hydroxylation is 1. The Balaban J connectivity index is -0.000000311. The van der Waals surface area contributed by atoms with Crippen LogP contribution in [0.25, 0.3) is 21.5 Å². The summed E-state index contributed by atoms with van der Waals surface area (Å²) >= 11 is 0. The molecule has 0 heterocycles. The van der Waals surface area contributed by atoms with E-state index in [0.29, 0.717) is 34.9 Å². The molecule has 52 nitrogen and oxygen atoms in total. The third-order valence-electron chi connectivity index (χ3n) is 14.9. The Bertz CT molecular complexity index is 7430. The molecule has 0 aliphatic carbocycles. The second-order valence-corrected chi connectivity index (χ2v) is 39.0. The quantitative estimate of drug-likeness (QED) is 0.00883. The molecule has 0 fully saturated rings. The van der Waals surface area contributed by atoms with Gasteiger partial charge in [0.25, 0.3) is 0 Å². The molecular formula is C67H60Cu2N10Na8O42S12-4. The van der Waals surface area contributed by atoms with Gasteiger partial charge in [-0.05, 0) is 85.3 Å². The number of anilines is 4. The molecule has 0 unspecified atom stereocenters. The molecule has 0 atom stereocenters. The van der Waals surface area contributed by atoms with Gasteiger partial charge in [-0.3, -0.25) is 18.2 Å². The van der Waals surface area contributed by atoms with E-state index in [9.17, 15) is 80.0 Å². The van der Waals surface area contributed by atoms with E-state index in [1.165, 1.54) is 44.6 Å². The number of rotatable bonds is 24. The number of benzene rings is 10. The van der Waals surface area contributed by atoms with Crippen molar-refractivity contribution in [3.63, 3.8) is 0 Å². The molecule has 736 valence electrons. The Morgan fingerprint density at radius 2 is 0.631 bits per heavy atom. The Labute approximate surface area is 1010 Å². The van der Waals surface area contributed by atoms with Crippen LogP contribution in [0.5, 0.6) is 34.5 Å². The van der Waals surface area contributed by atoms with Crippen molar-refractivity contribution in [2.75, 3.05) is 47.9 Å². The summed E-state index contributed by atoms with van der Waals surface area (Å²) in [4.78, 5) is -3.31. The van der Waals surface area contributed by atoms with Crippen LogP contribution in [0.1, 0.15) is 5.56 Å². The molecular weight excluding hydrogens is 2310 g/mol. The average Bonchev–Trinajstić information content (AvgIpc) is 0.773. The Morgan fingerprint density at radius 1 is 0.348 bits per heavy atom. The number of para-hydroxylation sites is 1. The zero-order chi connectivity index (χ0) is 100. The normalized spacial score (nSPS) is 11.2. The van der Waals surface area contributed by atoms with Crippen molar-refractivity contribution in [1.82, 2.24) is 0 Å². The van der Waals surface area contributed by atoms with Gasteiger partial charge in [0.05, 0.1) is 56.6 Å². The van der Waals surface area contributed by atoms with Gasteiger partial charge in [-0.15, -0.1) is 35.5 Å². The number of hydrogen-bond acceptors (Lipinski definition) is 48. The van der Waals surface area contributed by atoms with E-state index in [1.54, 1.807) is 42.5 Å². The zero-order valence-corrected chi connectivity index (χ0v) is 102. The van der Waals surface area contributed by atoms with Gasteiger partial charge in [0.2, 0.25) is 41.6 Å². The smallest absolute Gasteiger partial charge is 0.744 e. The molecule has 74 heteroatoms. The van der Waals surface area contributed by atoms with Gasteiger partial charge in [-0.2, -0.15) is 55.0 Å². The first-order valence-corrected chi connectivity index (χ1v) is 50.0. The van der Waals surface area contributed by atoms with Gasteiger partial charge in [0, 0.05) is 92.7 Å². The predicted octanol–water partition coefficient (Wildman–Crippen LogP) is -16.1. The number of methoxy groups -OCH3 is 2. The molecule has 0 bridgehead atoms. The fourth-order valence-corrected chi connectivity index (χ4v) is 14.5. The average molecular weight is 2370 g/mol. The molecule has 0 saturated heterocycles. The summed E-state index contributed by atoms with van der Waals surface area (Å²) in [7, 11) is -49.5. The molecule has 10 N–H and O–H groups in total. The van der Waals surface area contributed by atoms with Crippen LogP contribution >= 0.6 is 0 Å². The van der Waals surface area contributed by atoms with Crippen LogP contribution in [0, 0.1) is 46.8 Å². The molecule has 10 aromatic carbocycles. The van der Waals surface area contributed by atoms with Crippen LogP contribution in [0.4, 0.5) is 68.2 Å². The minimum absolute atomic E-state index is 0. The molecule has 0 aliphatic rings. The first kappa shape index (κ1) is 153. The van der Waals surface area contributed by atoms with E-state index in [-0.39, 0.29) is 348 Å². The van der Waals surface area contributed by atoms with Crippen molar-refractivity contribution in [3.05, 3.63) is 197 Å². The maximum atomic E-state index is 12.4. The maximum absolute atomic E-state index is 12.4. The largest absolute Gasteiger partial charge is 1.00 e. The number of phenolic OH excluding ortho intramolecular Hbond substituents is 4. The number of fused-ring (bicyclic) bond motifs is 2. The van der Waals surface area contributed by atoms with Crippen molar-refractivity contribution in [1.29, 1.82) is 0 Å². The number of ether oxygens (including phenoxy) is 2. The van der Waals surface area contributed by atoms with Gasteiger partial charge >= 0.3 is 258 Å². The molecule has 2 radical (unpaired) electrons. The zero-order valence-electron chi connectivity index (χ0n) is 74.1. The topological polar surface area (TPSA) is 885 Å². The van der Waals surface area contributed by atoms with E-state index in [2.05, 4.69) is 91.4 Å². The number of nitrogens with zero attached hydrogens (tertiary/aromatic N) is 8. The van der Waals surface area contributed by atoms with Crippen molar-refractivity contribution in [2.45, 2.75) is 36.3 Å². The maximum Gasteiger partial charge on any atom is 1.00 e. The summed E-state index contributed by atoms with van der Waals surface area (Å²) in [6.45, 7) is 15.3. The van der Waals surface area contributed by atoms with Crippen LogP contribution in [-0.4, -0.2) is 213 Å². The van der Waals surface area contributed by atoms with Gasteiger partial charge in [0.1, 0.15) is 75.8 Å². The number of phenols is 4. The van der Waals surface area contributed by atoms with Gasteiger partial charge < -0.3 is 95.5 Å². The van der Waals surface area contributed by atoms with E-state index in [1.807, 2.05) is 25.1 Å². The van der Waals surface area contributed by atoms with Crippen molar-refractivity contribution in [2.24, 2.45) is 40.9 Å². The predicted molar refractivity (Wildman–Crippen MR) is 446 cm³/mol. The molecule has 0 amide bonds. The van der Waals surface area contributed by atoms with E-state index in [4.69, 9.17) is 105 Å². The number of aromatic hydroxyl groups is 4. The molecule has 10 rings (SSSR count). The standard InChI is InChI=1S/C34H30N5O10S3.C33H28N5O10S3.2Cu.8Na.4H2O4S.2O3S/c1-5-50(42,43)22-10-13-25(31(17-22)52(46,47)48)36-39-33-23-11-15-27(34(41)24(23)12-14-26(33)35-21-9-7-8-20(3)16-21)37-38-28-18-30(49-4)32(19-29(28)40)51(44,45)6-2;1-4-49(41,42)21-11-14-24(30(17-21)51(45,46)47)35-38-32-22-12-16-26(33(40)23(22)13-15-25(32)34-20-9-7-6-8-10-20)36-37-27-18-29(48-3)31(19-28(27)39)50(43,44)5-2;;;;;;;;;;;4*1-5(2,3)4;2*1-4(2)3/h7-14,16-19,35,40-41H,1-2,5-6H2,3-4H3,(H,46,47,48);6-15,17-19,34,39-40H,1-2,4-5H2,3H3,(H,45,46,47);;;;;;;;;;;4*(H2,1,2,3,4);;/q2*-3;;;8*+1;;;;;;/p-6. The van der Waals surface area contributed by atoms with Crippen LogP contribution in [0.2, 0.25) is 0 Å². The molecule has 0 spiro atoms. The minimum Gasteiger partial charge on any atom is -0.744 e. The summed E-state index contributed by atoms with van der Waals surface area (Å²) in [6.07, 6.45) is 0.